The summed E-state index contributed by atoms with van der Waals surface area (Å²) >= 11 is 1.51. The quantitative estimate of drug-likeness (QED) is 0.549. The van der Waals surface area contributed by atoms with Gasteiger partial charge in [-0.3, -0.25) is 0 Å². The Kier molecular flexibility index (Phi) is 6.64. The largest absolute Gasteiger partial charge is 0.545 e. The van der Waals surface area contributed by atoms with Crippen LogP contribution in [0.25, 0.3) is 0 Å². The second kappa shape index (κ2) is 8.54. The number of carboxylic acid groups (broad SMARTS) is 1. The number of carbonyl (C=O) groups excluding carboxylic acids is 1. The van der Waals surface area contributed by atoms with Crippen molar-refractivity contribution >= 4 is 23.5 Å². The molecule has 6 heteroatoms. The average Bonchev–Trinajstić information content (AvgIpc) is 2.59. The van der Waals surface area contributed by atoms with Gasteiger partial charge in [-0.2, -0.15) is 0 Å². The first-order valence-corrected chi connectivity index (χ1v) is 9.73. The topological polar surface area (TPSA) is 69.2 Å². The smallest absolute Gasteiger partial charge is 0.190 e. The number of hydrogen-bond donors (Lipinski definition) is 0. The Morgan fingerprint density at radius 3 is 2.58 bits per heavy atom. The lowest BCUT2D eigenvalue weighted by Crippen LogP contribution is -2.22. The summed E-state index contributed by atoms with van der Waals surface area (Å²) in [6, 6.07) is 8.86. The van der Waals surface area contributed by atoms with Crippen LogP contribution in [0, 0.1) is 0 Å². The van der Waals surface area contributed by atoms with Crippen molar-refractivity contribution in [1.29, 1.82) is 0 Å². The molecule has 2 aromatic rings. The fraction of sp³-hybridized carbons (Fsp3) is 0.450. The Balaban J connectivity index is 2.26. The number of nitrogens with zero attached hydrogens (tertiary/aromatic N) is 3. The van der Waals surface area contributed by atoms with Crippen molar-refractivity contribution in [2.45, 2.75) is 50.4 Å². The molecule has 140 valence electrons. The van der Waals surface area contributed by atoms with E-state index in [0.717, 1.165) is 30.0 Å². The molecule has 2 rings (SSSR count). The van der Waals surface area contributed by atoms with E-state index in [1.165, 1.54) is 17.8 Å². The zero-order valence-electron chi connectivity index (χ0n) is 16.1. The monoisotopic (exact) mass is 372 g/mol. The van der Waals surface area contributed by atoms with Crippen molar-refractivity contribution in [1.82, 2.24) is 9.97 Å². The highest BCUT2D eigenvalue weighted by molar-refractivity contribution is 7.98. The van der Waals surface area contributed by atoms with Crippen LogP contribution in [0.15, 0.2) is 35.5 Å². The molecule has 0 aliphatic heterocycles. The van der Waals surface area contributed by atoms with Crippen LogP contribution in [0.3, 0.4) is 0 Å². The minimum atomic E-state index is -1.16. The van der Waals surface area contributed by atoms with E-state index in [-0.39, 0.29) is 11.0 Å². The molecule has 0 spiro atoms. The molecule has 0 radical (unpaired) electrons. The molecule has 0 fully saturated rings. The van der Waals surface area contributed by atoms with Crippen LogP contribution < -0.4 is 10.0 Å². The first-order chi connectivity index (χ1) is 12.2. The number of thioether (sulfide) groups is 1. The Hall–Kier alpha value is -2.08. The summed E-state index contributed by atoms with van der Waals surface area (Å²) in [5.41, 5.74) is 2.02. The lowest BCUT2D eigenvalue weighted by atomic mass is 9.92. The molecule has 0 bridgehead atoms. The molecule has 0 aliphatic rings. The van der Waals surface area contributed by atoms with Gasteiger partial charge in [0, 0.05) is 30.8 Å². The van der Waals surface area contributed by atoms with Gasteiger partial charge in [-0.05, 0) is 23.6 Å². The van der Waals surface area contributed by atoms with E-state index in [0.29, 0.717) is 10.9 Å². The van der Waals surface area contributed by atoms with E-state index in [2.05, 4.69) is 43.6 Å². The Bertz CT molecular complexity index is 772. The lowest BCUT2D eigenvalue weighted by molar-refractivity contribution is -0.255. The van der Waals surface area contributed by atoms with E-state index in [1.807, 2.05) is 13.1 Å². The maximum absolute atomic E-state index is 11.0. The number of benzene rings is 1. The summed E-state index contributed by atoms with van der Waals surface area (Å²) in [5.74, 6) is 0.357. The number of aromatic nitrogens is 2. The standard InChI is InChI=1S/C20H27N3O2S/c1-6-10-23(5)17-12-16(20(2,3)4)21-19(22-17)26-13-14-8-7-9-15(11-14)18(24)25/h7-9,11-12H,6,10,13H2,1-5H3,(H,24,25)/p-1. The highest BCUT2D eigenvalue weighted by Crippen LogP contribution is 2.28. The van der Waals surface area contributed by atoms with Gasteiger partial charge in [-0.1, -0.05) is 57.7 Å². The van der Waals surface area contributed by atoms with Gasteiger partial charge in [-0.25, -0.2) is 9.97 Å². The molecule has 1 aromatic carbocycles. The molecule has 0 atom stereocenters. The van der Waals surface area contributed by atoms with Gasteiger partial charge in [-0.15, -0.1) is 0 Å². The van der Waals surface area contributed by atoms with Gasteiger partial charge in [0.2, 0.25) is 0 Å². The van der Waals surface area contributed by atoms with Crippen LogP contribution in [0.1, 0.15) is 55.7 Å². The third-order valence-electron chi connectivity index (χ3n) is 3.94. The second-order valence-corrected chi connectivity index (χ2v) is 8.28. The minimum Gasteiger partial charge on any atom is -0.545 e. The lowest BCUT2D eigenvalue weighted by Gasteiger charge is -2.23. The highest BCUT2D eigenvalue weighted by Gasteiger charge is 2.19. The molecule has 5 nitrogen and oxygen atoms in total. The van der Waals surface area contributed by atoms with Gasteiger partial charge < -0.3 is 14.8 Å². The van der Waals surface area contributed by atoms with Crippen molar-refractivity contribution in [2.75, 3.05) is 18.5 Å². The molecule has 0 saturated carbocycles. The normalized spacial score (nSPS) is 11.4. The van der Waals surface area contributed by atoms with Crippen LogP contribution in [-0.4, -0.2) is 29.5 Å². The third kappa shape index (κ3) is 5.46. The summed E-state index contributed by atoms with van der Waals surface area (Å²) < 4.78 is 0. The van der Waals surface area contributed by atoms with Gasteiger partial charge in [0.1, 0.15) is 5.82 Å². The van der Waals surface area contributed by atoms with Gasteiger partial charge in [0.15, 0.2) is 5.16 Å². The van der Waals surface area contributed by atoms with Gasteiger partial charge >= 0.3 is 0 Å². The molecule has 0 aliphatic carbocycles. The molecule has 0 saturated heterocycles. The van der Waals surface area contributed by atoms with Crippen molar-refractivity contribution < 1.29 is 9.90 Å². The molecular formula is C20H26N3O2S-. The number of carboxylic acids is 1. The number of anilines is 1. The van der Waals surface area contributed by atoms with E-state index >= 15 is 0 Å². The highest BCUT2D eigenvalue weighted by atomic mass is 32.2. The molecular weight excluding hydrogens is 346 g/mol. The van der Waals surface area contributed by atoms with E-state index < -0.39 is 5.97 Å². The molecule has 26 heavy (non-hydrogen) atoms. The molecule has 0 amide bonds. The maximum atomic E-state index is 11.0. The predicted molar refractivity (Wildman–Crippen MR) is 105 cm³/mol. The summed E-state index contributed by atoms with van der Waals surface area (Å²) in [7, 11) is 2.04. The summed E-state index contributed by atoms with van der Waals surface area (Å²) in [4.78, 5) is 22.6. The second-order valence-electron chi connectivity index (χ2n) is 7.34. The third-order valence-corrected chi connectivity index (χ3v) is 4.86. The van der Waals surface area contributed by atoms with E-state index in [1.54, 1.807) is 12.1 Å². The van der Waals surface area contributed by atoms with E-state index in [4.69, 9.17) is 4.98 Å². The van der Waals surface area contributed by atoms with Crippen LogP contribution in [0.4, 0.5) is 5.82 Å². The first-order valence-electron chi connectivity index (χ1n) is 8.74. The fourth-order valence-electron chi connectivity index (χ4n) is 2.44. The first kappa shape index (κ1) is 20.2. The van der Waals surface area contributed by atoms with Crippen molar-refractivity contribution in [3.8, 4) is 0 Å². The summed E-state index contributed by atoms with van der Waals surface area (Å²) in [6.07, 6.45) is 1.05. The average molecular weight is 373 g/mol. The number of carbonyl (C=O) groups is 1. The summed E-state index contributed by atoms with van der Waals surface area (Å²) in [6.45, 7) is 9.48. The number of hydrogen-bond acceptors (Lipinski definition) is 6. The number of aromatic carboxylic acids is 1. The maximum Gasteiger partial charge on any atom is 0.190 e. The van der Waals surface area contributed by atoms with Crippen molar-refractivity contribution in [2.24, 2.45) is 0 Å². The van der Waals surface area contributed by atoms with Crippen LogP contribution >= 0.6 is 11.8 Å². The molecule has 1 aromatic heterocycles. The SMILES string of the molecule is CCCN(C)c1cc(C(C)(C)C)nc(SCc2cccc(C(=O)[O-])c2)n1. The van der Waals surface area contributed by atoms with Gasteiger partial charge in [0.25, 0.3) is 0 Å². The Labute approximate surface area is 159 Å². The predicted octanol–water partition coefficient (Wildman–Crippen LogP) is 3.28. The van der Waals surface area contributed by atoms with E-state index in [9.17, 15) is 9.90 Å². The molecule has 0 N–H and O–H groups in total. The van der Waals surface area contributed by atoms with Crippen LogP contribution in [0.2, 0.25) is 0 Å². The number of rotatable bonds is 7. The molecule has 0 unspecified atom stereocenters. The van der Waals surface area contributed by atoms with Gasteiger partial charge in [0.05, 0.1) is 11.7 Å². The Morgan fingerprint density at radius 2 is 1.96 bits per heavy atom. The fourth-order valence-corrected chi connectivity index (χ4v) is 3.24. The zero-order valence-corrected chi connectivity index (χ0v) is 16.9. The zero-order chi connectivity index (χ0) is 19.3. The van der Waals surface area contributed by atoms with Crippen LogP contribution in [0.5, 0.6) is 0 Å². The van der Waals surface area contributed by atoms with Crippen molar-refractivity contribution in [3.63, 3.8) is 0 Å². The van der Waals surface area contributed by atoms with Crippen molar-refractivity contribution in [3.05, 3.63) is 47.2 Å². The Morgan fingerprint density at radius 1 is 1.23 bits per heavy atom. The molecule has 1 heterocycles. The van der Waals surface area contributed by atoms with Crippen LogP contribution in [-0.2, 0) is 11.2 Å². The minimum absolute atomic E-state index is 0.0745. The summed E-state index contributed by atoms with van der Waals surface area (Å²) in [5, 5.41) is 11.7.